The Balaban J connectivity index is 0.00000200. The number of carbonyl (C=O) groups is 1. The number of ether oxygens (including phenoxy) is 1. The largest absolute Gasteiger partial charge is 0.398 e. The molecule has 1 amide bonds. The molecule has 6 heteroatoms. The lowest BCUT2D eigenvalue weighted by Crippen LogP contribution is -2.28. The molecular weight excluding hydrogens is 344 g/mol. The number of rotatable bonds is 4. The van der Waals surface area contributed by atoms with Gasteiger partial charge in [-0.25, -0.2) is 0 Å². The number of benzene rings is 1. The fourth-order valence-electron chi connectivity index (χ4n) is 2.26. The maximum Gasteiger partial charge on any atom is 0.253 e. The van der Waals surface area contributed by atoms with E-state index in [-0.39, 0.29) is 18.3 Å². The second-order valence-electron chi connectivity index (χ2n) is 4.83. The Morgan fingerprint density at radius 2 is 2.10 bits per heavy atom. The Labute approximate surface area is 134 Å². The van der Waals surface area contributed by atoms with Gasteiger partial charge in [0.15, 0.2) is 0 Å². The van der Waals surface area contributed by atoms with Crippen LogP contribution in [0.2, 0.25) is 0 Å². The second kappa shape index (κ2) is 8.49. The summed E-state index contributed by atoms with van der Waals surface area (Å²) in [4.78, 5) is 12.0. The Morgan fingerprint density at radius 1 is 1.40 bits per heavy atom. The van der Waals surface area contributed by atoms with Gasteiger partial charge in [0.25, 0.3) is 5.91 Å². The van der Waals surface area contributed by atoms with Gasteiger partial charge < -0.3 is 15.8 Å². The zero-order chi connectivity index (χ0) is 13.7. The Hall–Kier alpha value is -0.780. The molecule has 4 nitrogen and oxygen atoms in total. The molecule has 2 rings (SSSR count). The van der Waals surface area contributed by atoms with E-state index in [0.717, 1.165) is 36.9 Å². The molecule has 1 saturated heterocycles. The first kappa shape index (κ1) is 17.3. The first-order valence-electron chi connectivity index (χ1n) is 6.58. The number of hydrogen-bond donors (Lipinski definition) is 2. The molecule has 0 atom stereocenters. The van der Waals surface area contributed by atoms with Crippen LogP contribution in [0.1, 0.15) is 29.6 Å². The van der Waals surface area contributed by atoms with Crippen molar-refractivity contribution in [1.82, 2.24) is 5.32 Å². The van der Waals surface area contributed by atoms with Crippen molar-refractivity contribution in [3.8, 4) is 0 Å². The summed E-state index contributed by atoms with van der Waals surface area (Å²) in [6.07, 6.45) is 3.19. The Kier molecular flexibility index (Phi) is 7.34. The molecule has 1 aromatic carbocycles. The number of nitrogen functional groups attached to an aromatic ring is 1. The number of anilines is 1. The van der Waals surface area contributed by atoms with E-state index in [4.69, 9.17) is 10.5 Å². The van der Waals surface area contributed by atoms with Crippen molar-refractivity contribution in [3.05, 3.63) is 28.2 Å². The van der Waals surface area contributed by atoms with Crippen LogP contribution in [0, 0.1) is 5.92 Å². The van der Waals surface area contributed by atoms with Gasteiger partial charge in [-0.15, -0.1) is 12.4 Å². The lowest BCUT2D eigenvalue weighted by molar-refractivity contribution is 0.0636. The van der Waals surface area contributed by atoms with E-state index < -0.39 is 0 Å². The number of amides is 1. The molecule has 0 bridgehead atoms. The van der Waals surface area contributed by atoms with Gasteiger partial charge in [0, 0.05) is 29.9 Å². The average molecular weight is 364 g/mol. The first-order valence-corrected chi connectivity index (χ1v) is 7.37. The molecule has 0 saturated carbocycles. The van der Waals surface area contributed by atoms with Crippen molar-refractivity contribution in [2.24, 2.45) is 5.92 Å². The summed E-state index contributed by atoms with van der Waals surface area (Å²) in [6.45, 7) is 2.38. The van der Waals surface area contributed by atoms with Gasteiger partial charge in [-0.1, -0.05) is 15.9 Å². The van der Waals surface area contributed by atoms with Gasteiger partial charge in [-0.05, 0) is 43.4 Å². The van der Waals surface area contributed by atoms with Gasteiger partial charge in [0.2, 0.25) is 0 Å². The summed E-state index contributed by atoms with van der Waals surface area (Å²) in [5.41, 5.74) is 6.86. The van der Waals surface area contributed by atoms with Crippen molar-refractivity contribution >= 4 is 39.9 Å². The monoisotopic (exact) mass is 362 g/mol. The van der Waals surface area contributed by atoms with Crippen LogP contribution in [0.3, 0.4) is 0 Å². The van der Waals surface area contributed by atoms with E-state index in [9.17, 15) is 4.79 Å². The van der Waals surface area contributed by atoms with Gasteiger partial charge in [0.05, 0.1) is 5.56 Å². The van der Waals surface area contributed by atoms with E-state index in [2.05, 4.69) is 21.2 Å². The maximum atomic E-state index is 12.0. The third kappa shape index (κ3) is 4.96. The topological polar surface area (TPSA) is 64.4 Å². The lowest BCUT2D eigenvalue weighted by Gasteiger charge is -2.21. The number of carbonyl (C=O) groups excluding carboxylic acids is 1. The normalized spacial score (nSPS) is 15.4. The molecule has 1 aliphatic rings. The molecule has 0 aliphatic carbocycles. The van der Waals surface area contributed by atoms with Crippen molar-refractivity contribution in [2.75, 3.05) is 25.5 Å². The highest BCUT2D eigenvalue weighted by atomic mass is 79.9. The third-order valence-corrected chi connectivity index (χ3v) is 3.93. The second-order valence-corrected chi connectivity index (χ2v) is 5.75. The maximum absolute atomic E-state index is 12.0. The molecule has 1 heterocycles. The van der Waals surface area contributed by atoms with Crippen molar-refractivity contribution in [3.63, 3.8) is 0 Å². The molecule has 0 spiro atoms. The SMILES string of the molecule is Cl.Nc1cc(Br)ccc1C(=O)NCCC1CCOCC1. The summed E-state index contributed by atoms with van der Waals surface area (Å²) in [6, 6.07) is 5.31. The summed E-state index contributed by atoms with van der Waals surface area (Å²) in [7, 11) is 0. The fraction of sp³-hybridized carbons (Fsp3) is 0.500. The zero-order valence-corrected chi connectivity index (χ0v) is 13.6. The lowest BCUT2D eigenvalue weighted by atomic mass is 9.96. The highest BCUT2D eigenvalue weighted by Gasteiger charge is 2.14. The van der Waals surface area contributed by atoms with Gasteiger partial charge in [-0.2, -0.15) is 0 Å². The number of hydrogen-bond acceptors (Lipinski definition) is 3. The molecule has 1 aliphatic heterocycles. The van der Waals surface area contributed by atoms with Crippen LogP contribution in [0.5, 0.6) is 0 Å². The standard InChI is InChI=1S/C14H19BrN2O2.ClH/c15-11-1-2-12(13(16)9-11)14(18)17-6-3-10-4-7-19-8-5-10;/h1-2,9-10H,3-8,16H2,(H,17,18);1H. The van der Waals surface area contributed by atoms with Crippen molar-refractivity contribution < 1.29 is 9.53 Å². The molecule has 0 unspecified atom stereocenters. The van der Waals surface area contributed by atoms with Gasteiger partial charge >= 0.3 is 0 Å². The molecule has 3 N–H and O–H groups in total. The van der Waals surface area contributed by atoms with E-state index in [1.54, 1.807) is 12.1 Å². The summed E-state index contributed by atoms with van der Waals surface area (Å²) >= 11 is 3.33. The molecule has 0 aromatic heterocycles. The number of nitrogens with one attached hydrogen (secondary N) is 1. The van der Waals surface area contributed by atoms with Gasteiger partial charge in [0.1, 0.15) is 0 Å². The molecule has 1 fully saturated rings. The first-order chi connectivity index (χ1) is 9.16. The molecule has 1 aromatic rings. The minimum atomic E-state index is -0.0999. The molecule has 0 radical (unpaired) electrons. The van der Waals surface area contributed by atoms with Crippen LogP contribution in [0.15, 0.2) is 22.7 Å². The summed E-state index contributed by atoms with van der Waals surface area (Å²) in [5, 5.41) is 2.93. The van der Waals surface area contributed by atoms with Crippen LogP contribution < -0.4 is 11.1 Å². The quantitative estimate of drug-likeness (QED) is 0.808. The van der Waals surface area contributed by atoms with Crippen molar-refractivity contribution in [2.45, 2.75) is 19.3 Å². The summed E-state index contributed by atoms with van der Waals surface area (Å²) < 4.78 is 6.19. The predicted molar refractivity (Wildman–Crippen MR) is 86.3 cm³/mol. The zero-order valence-electron chi connectivity index (χ0n) is 11.2. The number of halogens is 2. The van der Waals surface area contributed by atoms with Crippen LogP contribution in [-0.4, -0.2) is 25.7 Å². The summed E-state index contributed by atoms with van der Waals surface area (Å²) in [5.74, 6) is 0.563. The molecular formula is C14H20BrClN2O2. The Morgan fingerprint density at radius 3 is 2.75 bits per heavy atom. The van der Waals surface area contributed by atoms with Crippen LogP contribution in [0.4, 0.5) is 5.69 Å². The highest BCUT2D eigenvalue weighted by molar-refractivity contribution is 9.10. The third-order valence-electron chi connectivity index (χ3n) is 3.44. The molecule has 112 valence electrons. The highest BCUT2D eigenvalue weighted by Crippen LogP contribution is 2.19. The van der Waals surface area contributed by atoms with Gasteiger partial charge in [-0.3, -0.25) is 4.79 Å². The Bertz CT molecular complexity index is 451. The minimum absolute atomic E-state index is 0. The fourth-order valence-corrected chi connectivity index (χ4v) is 2.64. The van der Waals surface area contributed by atoms with Crippen molar-refractivity contribution in [1.29, 1.82) is 0 Å². The van der Waals surface area contributed by atoms with E-state index in [1.807, 2.05) is 6.07 Å². The molecule has 20 heavy (non-hydrogen) atoms. The smallest absolute Gasteiger partial charge is 0.253 e. The van der Waals surface area contributed by atoms with E-state index >= 15 is 0 Å². The van der Waals surface area contributed by atoms with E-state index in [0.29, 0.717) is 23.7 Å². The number of nitrogens with two attached hydrogens (primary N) is 1. The minimum Gasteiger partial charge on any atom is -0.398 e. The van der Waals surface area contributed by atoms with Crippen LogP contribution in [0.25, 0.3) is 0 Å². The average Bonchev–Trinajstić information content (AvgIpc) is 2.39. The van der Waals surface area contributed by atoms with Crippen LogP contribution in [-0.2, 0) is 4.74 Å². The van der Waals surface area contributed by atoms with E-state index in [1.165, 1.54) is 0 Å². The van der Waals surface area contributed by atoms with Crippen LogP contribution >= 0.6 is 28.3 Å². The predicted octanol–water partition coefficient (Wildman–Crippen LogP) is 3.00.